The van der Waals surface area contributed by atoms with Crippen molar-refractivity contribution in [1.82, 2.24) is 0 Å². The van der Waals surface area contributed by atoms with Gasteiger partial charge in [0.25, 0.3) is 0 Å². The minimum atomic E-state index is -0.652. The number of rotatable bonds is 5. The number of carbonyl (C=O) groups excluding carboxylic acids is 2. The minimum absolute atomic E-state index is 0.243. The molecule has 0 saturated heterocycles. The lowest BCUT2D eigenvalue weighted by Gasteiger charge is -2.12. The first kappa shape index (κ1) is 14.0. The molecule has 0 aromatic heterocycles. The zero-order valence-electron chi connectivity index (χ0n) is 10.3. The molecule has 0 bridgehead atoms. The average Bonchev–Trinajstić information content (AvgIpc) is 2.28. The molecule has 3 amide bonds. The third-order valence-electron chi connectivity index (χ3n) is 2.33. The highest BCUT2D eigenvalue weighted by Gasteiger charge is 2.12. The fraction of sp³-hybridized carbons (Fsp3) is 0.333. The standard InChI is InChI=1S/C12H18N4O2/c1-2-4-10(13)11(17)15-8-5-3-6-9(7-8)16-12(14)18/h3,5-7,10H,2,4,13H2,1H3,(H,15,17)(H3,14,16,18). The van der Waals surface area contributed by atoms with Crippen molar-refractivity contribution >= 4 is 23.3 Å². The van der Waals surface area contributed by atoms with E-state index in [2.05, 4.69) is 10.6 Å². The van der Waals surface area contributed by atoms with Gasteiger partial charge in [0.2, 0.25) is 5.91 Å². The van der Waals surface area contributed by atoms with Crippen LogP contribution in [0.15, 0.2) is 24.3 Å². The van der Waals surface area contributed by atoms with Crippen molar-refractivity contribution in [1.29, 1.82) is 0 Å². The summed E-state index contributed by atoms with van der Waals surface area (Å²) in [5, 5.41) is 5.11. The zero-order chi connectivity index (χ0) is 13.5. The Hall–Kier alpha value is -2.08. The van der Waals surface area contributed by atoms with Gasteiger partial charge in [0.1, 0.15) is 0 Å². The van der Waals surface area contributed by atoms with E-state index in [1.165, 1.54) is 0 Å². The van der Waals surface area contributed by atoms with E-state index in [9.17, 15) is 9.59 Å². The van der Waals surface area contributed by atoms with Crippen LogP contribution < -0.4 is 22.1 Å². The number of carbonyl (C=O) groups is 2. The van der Waals surface area contributed by atoms with Crippen LogP contribution in [0, 0.1) is 0 Å². The molecule has 0 aliphatic carbocycles. The highest BCUT2D eigenvalue weighted by atomic mass is 16.2. The number of nitrogens with two attached hydrogens (primary N) is 2. The first-order valence-electron chi connectivity index (χ1n) is 5.76. The number of hydrogen-bond acceptors (Lipinski definition) is 3. The second kappa shape index (κ2) is 6.61. The Morgan fingerprint density at radius 3 is 2.44 bits per heavy atom. The number of nitrogens with one attached hydrogen (secondary N) is 2. The van der Waals surface area contributed by atoms with E-state index in [0.717, 1.165) is 6.42 Å². The Labute approximate surface area is 106 Å². The van der Waals surface area contributed by atoms with Crippen molar-refractivity contribution < 1.29 is 9.59 Å². The summed E-state index contributed by atoms with van der Waals surface area (Å²) < 4.78 is 0. The molecule has 0 aliphatic rings. The molecule has 18 heavy (non-hydrogen) atoms. The molecule has 0 saturated carbocycles. The lowest BCUT2D eigenvalue weighted by atomic mass is 10.1. The summed E-state index contributed by atoms with van der Waals surface area (Å²) >= 11 is 0. The smallest absolute Gasteiger partial charge is 0.316 e. The van der Waals surface area contributed by atoms with Crippen molar-refractivity contribution in [2.45, 2.75) is 25.8 Å². The van der Waals surface area contributed by atoms with Gasteiger partial charge in [-0.2, -0.15) is 0 Å². The molecule has 0 fully saturated rings. The normalized spacial score (nSPS) is 11.7. The highest BCUT2D eigenvalue weighted by molar-refractivity contribution is 5.95. The first-order valence-corrected chi connectivity index (χ1v) is 5.76. The molecule has 1 rings (SSSR count). The predicted octanol–water partition coefficient (Wildman–Crippen LogP) is 1.24. The van der Waals surface area contributed by atoms with E-state index in [-0.39, 0.29) is 5.91 Å². The van der Waals surface area contributed by atoms with E-state index >= 15 is 0 Å². The summed E-state index contributed by atoms with van der Waals surface area (Å²) in [5.41, 5.74) is 11.8. The molecular weight excluding hydrogens is 232 g/mol. The monoisotopic (exact) mass is 250 g/mol. The van der Waals surface area contributed by atoms with Crippen LogP contribution >= 0.6 is 0 Å². The van der Waals surface area contributed by atoms with E-state index in [1.807, 2.05) is 6.92 Å². The van der Waals surface area contributed by atoms with Crippen molar-refractivity contribution in [3.63, 3.8) is 0 Å². The van der Waals surface area contributed by atoms with Gasteiger partial charge < -0.3 is 22.1 Å². The molecule has 0 aliphatic heterocycles. The molecule has 98 valence electrons. The lowest BCUT2D eigenvalue weighted by molar-refractivity contribution is -0.117. The molecule has 1 aromatic carbocycles. The Kier molecular flexibility index (Phi) is 5.13. The third-order valence-corrected chi connectivity index (χ3v) is 2.33. The second-order valence-electron chi connectivity index (χ2n) is 3.95. The first-order chi connectivity index (χ1) is 8.52. The van der Waals surface area contributed by atoms with Gasteiger partial charge in [-0.05, 0) is 24.6 Å². The molecule has 6 nitrogen and oxygen atoms in total. The van der Waals surface area contributed by atoms with Crippen LogP contribution in [-0.2, 0) is 4.79 Å². The summed E-state index contributed by atoms with van der Waals surface area (Å²) in [6, 6.07) is 5.52. The molecule has 1 aromatic rings. The number of benzene rings is 1. The molecule has 0 heterocycles. The lowest BCUT2D eigenvalue weighted by Crippen LogP contribution is -2.35. The summed E-state index contributed by atoms with van der Waals surface area (Å²) in [7, 11) is 0. The van der Waals surface area contributed by atoms with Gasteiger partial charge in [-0.25, -0.2) is 4.79 Å². The van der Waals surface area contributed by atoms with E-state index in [1.54, 1.807) is 24.3 Å². The van der Waals surface area contributed by atoms with Gasteiger partial charge in [-0.15, -0.1) is 0 Å². The van der Waals surface area contributed by atoms with Crippen molar-refractivity contribution in [2.24, 2.45) is 11.5 Å². The van der Waals surface area contributed by atoms with Crippen LogP contribution in [0.3, 0.4) is 0 Å². The van der Waals surface area contributed by atoms with Crippen molar-refractivity contribution in [2.75, 3.05) is 10.6 Å². The second-order valence-corrected chi connectivity index (χ2v) is 3.95. The highest BCUT2D eigenvalue weighted by Crippen LogP contribution is 2.15. The SMILES string of the molecule is CCCC(N)C(=O)Nc1cccc(NC(N)=O)c1. The Balaban J connectivity index is 2.67. The predicted molar refractivity (Wildman–Crippen MR) is 71.2 cm³/mol. The third kappa shape index (κ3) is 4.42. The van der Waals surface area contributed by atoms with Crippen LogP contribution in [0.4, 0.5) is 16.2 Å². The fourth-order valence-electron chi connectivity index (χ4n) is 1.49. The molecule has 0 spiro atoms. The van der Waals surface area contributed by atoms with Crippen LogP contribution in [0.5, 0.6) is 0 Å². The Morgan fingerprint density at radius 1 is 1.28 bits per heavy atom. The van der Waals surface area contributed by atoms with Gasteiger partial charge in [-0.3, -0.25) is 4.79 Å². The molecule has 6 N–H and O–H groups in total. The van der Waals surface area contributed by atoms with Crippen LogP contribution in [0.25, 0.3) is 0 Å². The van der Waals surface area contributed by atoms with Gasteiger partial charge in [0.15, 0.2) is 0 Å². The molecule has 1 atom stereocenters. The number of amides is 3. The number of primary amides is 1. The Morgan fingerprint density at radius 2 is 1.89 bits per heavy atom. The topological polar surface area (TPSA) is 110 Å². The van der Waals surface area contributed by atoms with Gasteiger partial charge in [-0.1, -0.05) is 19.4 Å². The zero-order valence-corrected chi connectivity index (χ0v) is 10.3. The largest absolute Gasteiger partial charge is 0.351 e. The molecule has 0 radical (unpaired) electrons. The van der Waals surface area contributed by atoms with Crippen LogP contribution in [0.1, 0.15) is 19.8 Å². The number of urea groups is 1. The minimum Gasteiger partial charge on any atom is -0.351 e. The van der Waals surface area contributed by atoms with Crippen molar-refractivity contribution in [3.05, 3.63) is 24.3 Å². The molecular formula is C12H18N4O2. The van der Waals surface area contributed by atoms with Gasteiger partial charge >= 0.3 is 6.03 Å². The van der Waals surface area contributed by atoms with E-state index in [4.69, 9.17) is 11.5 Å². The maximum absolute atomic E-state index is 11.7. The number of anilines is 2. The van der Waals surface area contributed by atoms with Gasteiger partial charge in [0.05, 0.1) is 6.04 Å². The maximum Gasteiger partial charge on any atom is 0.316 e. The summed E-state index contributed by atoms with van der Waals surface area (Å²) in [4.78, 5) is 22.4. The quantitative estimate of drug-likeness (QED) is 0.631. The fourth-order valence-corrected chi connectivity index (χ4v) is 1.49. The van der Waals surface area contributed by atoms with Crippen LogP contribution in [-0.4, -0.2) is 18.0 Å². The summed E-state index contributed by atoms with van der Waals surface area (Å²) in [5.74, 6) is -0.243. The maximum atomic E-state index is 11.7. The van der Waals surface area contributed by atoms with Gasteiger partial charge in [0, 0.05) is 11.4 Å². The number of hydrogen-bond donors (Lipinski definition) is 4. The van der Waals surface area contributed by atoms with E-state index < -0.39 is 12.1 Å². The summed E-state index contributed by atoms with van der Waals surface area (Å²) in [6.45, 7) is 1.96. The Bertz CT molecular complexity index is 434. The average molecular weight is 250 g/mol. The van der Waals surface area contributed by atoms with Crippen molar-refractivity contribution in [3.8, 4) is 0 Å². The molecule has 6 heteroatoms. The summed E-state index contributed by atoms with van der Waals surface area (Å²) in [6.07, 6.45) is 1.48. The van der Waals surface area contributed by atoms with E-state index in [0.29, 0.717) is 17.8 Å². The van der Waals surface area contributed by atoms with Crippen LogP contribution in [0.2, 0.25) is 0 Å². The molecule has 1 unspecified atom stereocenters.